The van der Waals surface area contributed by atoms with E-state index in [-0.39, 0.29) is 0 Å². The lowest BCUT2D eigenvalue weighted by Crippen LogP contribution is -2.48. The molecule has 4 aliphatic rings. The van der Waals surface area contributed by atoms with E-state index in [4.69, 9.17) is 23.8 Å². The summed E-state index contributed by atoms with van der Waals surface area (Å²) in [6.45, 7) is 0. The molecule has 8 aromatic carbocycles. The van der Waals surface area contributed by atoms with Crippen LogP contribution in [-0.4, -0.2) is 15.0 Å². The second-order valence-electron chi connectivity index (χ2n) is 19.4. The number of benzene rings is 8. The molecule has 0 unspecified atom stereocenters. The van der Waals surface area contributed by atoms with Gasteiger partial charge in [-0.15, -0.1) is 0 Å². The van der Waals surface area contributed by atoms with Crippen molar-refractivity contribution in [3.63, 3.8) is 0 Å². The van der Waals surface area contributed by atoms with Gasteiger partial charge in [0.2, 0.25) is 0 Å². The van der Waals surface area contributed by atoms with Crippen molar-refractivity contribution in [3.8, 4) is 67.5 Å². The van der Waals surface area contributed by atoms with Crippen molar-refractivity contribution in [2.75, 3.05) is 0 Å². The highest BCUT2D eigenvalue weighted by molar-refractivity contribution is 6.11. The lowest BCUT2D eigenvalue weighted by molar-refractivity contribution is -0.00518. The number of hydrogen-bond donors (Lipinski definition) is 0. The standard InChI is InChI=1S/C61H45N3O2/c1-3-11-40(12-4-1)44-30-45(41-13-5-2-6-14-41)32-46(31-44)58-62-59(51-18-9-16-49-48-15-7-8-20-54(48)65-56(49)51)64-60(63-58)52-19-10-17-50-53-33-43(23-26-55(53)66-57(50)52)42-21-24-47(25-22-42)61-34-37-27-38(35-61)29-39(28-37)36-61/h1-26,30-33,37-39H,27-29,34-36H2. The molecule has 5 nitrogen and oxygen atoms in total. The van der Waals surface area contributed by atoms with Crippen LogP contribution >= 0.6 is 0 Å². The second-order valence-corrected chi connectivity index (χ2v) is 19.4. The average Bonchev–Trinajstić information content (AvgIpc) is 3.95. The van der Waals surface area contributed by atoms with Crippen LogP contribution in [-0.2, 0) is 5.41 Å². The molecular formula is C61H45N3O2. The maximum atomic E-state index is 6.82. The second kappa shape index (κ2) is 14.7. The minimum absolute atomic E-state index is 0.386. The van der Waals surface area contributed by atoms with Gasteiger partial charge in [0.25, 0.3) is 0 Å². The molecule has 0 atom stereocenters. The molecule has 11 aromatic rings. The third-order valence-electron chi connectivity index (χ3n) is 15.3. The molecule has 0 N–H and O–H groups in total. The van der Waals surface area contributed by atoms with Gasteiger partial charge in [0.15, 0.2) is 17.5 Å². The topological polar surface area (TPSA) is 65.0 Å². The molecule has 15 rings (SSSR count). The summed E-state index contributed by atoms with van der Waals surface area (Å²) >= 11 is 0. The number of hydrogen-bond acceptors (Lipinski definition) is 5. The van der Waals surface area contributed by atoms with Crippen molar-refractivity contribution in [2.45, 2.75) is 43.9 Å². The van der Waals surface area contributed by atoms with E-state index in [2.05, 4.69) is 146 Å². The molecule has 5 heteroatoms. The highest BCUT2D eigenvalue weighted by Gasteiger charge is 2.51. The molecule has 0 saturated heterocycles. The Hall–Kier alpha value is -7.63. The van der Waals surface area contributed by atoms with Crippen LogP contribution in [0.3, 0.4) is 0 Å². The Labute approximate surface area is 382 Å². The maximum absolute atomic E-state index is 6.82. The summed E-state index contributed by atoms with van der Waals surface area (Å²) in [5.74, 6) is 4.40. The van der Waals surface area contributed by atoms with E-state index in [1.807, 2.05) is 36.4 Å². The lowest BCUT2D eigenvalue weighted by Gasteiger charge is -2.57. The average molecular weight is 852 g/mol. The summed E-state index contributed by atoms with van der Waals surface area (Å²) in [6.07, 6.45) is 8.52. The van der Waals surface area contributed by atoms with Gasteiger partial charge in [-0.2, -0.15) is 0 Å². The first-order chi connectivity index (χ1) is 32.6. The normalized spacial score (nSPS) is 20.0. The van der Waals surface area contributed by atoms with Crippen LogP contribution in [0, 0.1) is 17.8 Å². The number of aromatic nitrogens is 3. The van der Waals surface area contributed by atoms with Crippen LogP contribution in [0.25, 0.3) is 111 Å². The van der Waals surface area contributed by atoms with E-state index in [0.717, 1.165) is 101 Å². The van der Waals surface area contributed by atoms with Crippen LogP contribution in [0.5, 0.6) is 0 Å². The van der Waals surface area contributed by atoms with Gasteiger partial charge < -0.3 is 8.83 Å². The zero-order valence-electron chi connectivity index (χ0n) is 36.5. The Balaban J connectivity index is 0.920. The first kappa shape index (κ1) is 37.7. The molecule has 4 aliphatic carbocycles. The summed E-state index contributed by atoms with van der Waals surface area (Å²) in [5, 5.41) is 4.16. The molecule has 0 spiro atoms. The van der Waals surface area contributed by atoms with Gasteiger partial charge in [-0.1, -0.05) is 133 Å². The largest absolute Gasteiger partial charge is 0.455 e. The van der Waals surface area contributed by atoms with Gasteiger partial charge in [0.05, 0.1) is 11.1 Å². The summed E-state index contributed by atoms with van der Waals surface area (Å²) in [4.78, 5) is 15.9. The van der Waals surface area contributed by atoms with Crippen LogP contribution in [0.15, 0.2) is 191 Å². The minimum Gasteiger partial charge on any atom is -0.455 e. The van der Waals surface area contributed by atoms with Gasteiger partial charge in [-0.3, -0.25) is 0 Å². The van der Waals surface area contributed by atoms with Gasteiger partial charge in [0.1, 0.15) is 22.3 Å². The number of fused-ring (bicyclic) bond motifs is 6. The Morgan fingerprint density at radius 2 is 0.818 bits per heavy atom. The molecular weight excluding hydrogens is 807 g/mol. The van der Waals surface area contributed by atoms with Crippen molar-refractivity contribution in [3.05, 3.63) is 188 Å². The van der Waals surface area contributed by atoms with E-state index in [1.54, 1.807) is 5.56 Å². The number of nitrogens with zero attached hydrogens (tertiary/aromatic N) is 3. The summed E-state index contributed by atoms with van der Waals surface area (Å²) in [6, 6.07) is 64.5. The van der Waals surface area contributed by atoms with Crippen molar-refractivity contribution in [1.29, 1.82) is 0 Å². The first-order valence-corrected chi connectivity index (χ1v) is 23.6. The van der Waals surface area contributed by atoms with Gasteiger partial charge in [0, 0.05) is 27.1 Å². The smallest absolute Gasteiger partial charge is 0.167 e. The third-order valence-corrected chi connectivity index (χ3v) is 15.3. The fourth-order valence-corrected chi connectivity index (χ4v) is 12.7. The zero-order chi connectivity index (χ0) is 43.3. The predicted octanol–water partition coefficient (Wildman–Crippen LogP) is 16.1. The SMILES string of the molecule is c1ccc(-c2cc(-c3ccccc3)cc(-c3nc(-c4cccc5c4oc4ccccc45)nc(-c4cccc5c4oc4ccc(-c6ccc(C78CC9CC(CC(C9)C7)C8)cc6)cc45)n3)c2)cc1. The molecule has 4 bridgehead atoms. The Kier molecular flexibility index (Phi) is 8.40. The molecule has 316 valence electrons. The monoisotopic (exact) mass is 851 g/mol. The number of furan rings is 2. The fourth-order valence-electron chi connectivity index (χ4n) is 12.7. The van der Waals surface area contributed by atoms with E-state index in [1.165, 1.54) is 49.7 Å². The van der Waals surface area contributed by atoms with Crippen molar-refractivity contribution < 1.29 is 8.83 Å². The molecule has 0 aliphatic heterocycles. The van der Waals surface area contributed by atoms with E-state index in [9.17, 15) is 0 Å². The van der Waals surface area contributed by atoms with E-state index in [0.29, 0.717) is 22.9 Å². The Morgan fingerprint density at radius 1 is 0.348 bits per heavy atom. The highest BCUT2D eigenvalue weighted by atomic mass is 16.3. The van der Waals surface area contributed by atoms with Crippen LogP contribution in [0.4, 0.5) is 0 Å². The van der Waals surface area contributed by atoms with E-state index >= 15 is 0 Å². The minimum atomic E-state index is 0.386. The molecule has 0 radical (unpaired) electrons. The molecule has 0 amide bonds. The van der Waals surface area contributed by atoms with Crippen LogP contribution in [0.2, 0.25) is 0 Å². The lowest BCUT2D eigenvalue weighted by atomic mass is 9.48. The van der Waals surface area contributed by atoms with Crippen LogP contribution < -0.4 is 0 Å². The van der Waals surface area contributed by atoms with Crippen molar-refractivity contribution >= 4 is 43.9 Å². The molecule has 3 aromatic heterocycles. The van der Waals surface area contributed by atoms with E-state index < -0.39 is 0 Å². The molecule has 66 heavy (non-hydrogen) atoms. The Bertz CT molecular complexity index is 3590. The highest BCUT2D eigenvalue weighted by Crippen LogP contribution is 2.61. The van der Waals surface area contributed by atoms with Gasteiger partial charge >= 0.3 is 0 Å². The molecule has 3 heterocycles. The van der Waals surface area contributed by atoms with Gasteiger partial charge in [-0.25, -0.2) is 15.0 Å². The van der Waals surface area contributed by atoms with Crippen LogP contribution in [0.1, 0.15) is 44.1 Å². The molecule has 4 saturated carbocycles. The quantitative estimate of drug-likeness (QED) is 0.160. The summed E-state index contributed by atoms with van der Waals surface area (Å²) in [5.41, 5.74) is 14.4. The van der Waals surface area contributed by atoms with Gasteiger partial charge in [-0.05, 0) is 149 Å². The number of para-hydroxylation sites is 3. The van der Waals surface area contributed by atoms with Crippen molar-refractivity contribution in [1.82, 2.24) is 15.0 Å². The summed E-state index contributed by atoms with van der Waals surface area (Å²) < 4.78 is 13.4. The van der Waals surface area contributed by atoms with Crippen molar-refractivity contribution in [2.24, 2.45) is 17.8 Å². The Morgan fingerprint density at radius 3 is 1.42 bits per heavy atom. The molecule has 4 fully saturated rings. The zero-order valence-corrected chi connectivity index (χ0v) is 36.5. The maximum Gasteiger partial charge on any atom is 0.167 e. The predicted molar refractivity (Wildman–Crippen MR) is 267 cm³/mol. The number of rotatable bonds is 7. The third kappa shape index (κ3) is 6.17. The summed E-state index contributed by atoms with van der Waals surface area (Å²) in [7, 11) is 0. The fraction of sp³-hybridized carbons (Fsp3) is 0.164. The first-order valence-electron chi connectivity index (χ1n) is 23.6.